The number of benzene rings is 5. The molecule has 512 valence electrons. The van der Waals surface area contributed by atoms with Gasteiger partial charge in [-0.3, -0.25) is 4.79 Å². The maximum atomic E-state index is 12.9. The molecule has 0 aliphatic rings. The fraction of sp³-hybridized carbons (Fsp3) is 0.141. The van der Waals surface area contributed by atoms with Crippen LogP contribution in [0.3, 0.4) is 0 Å². The average Bonchev–Trinajstić information content (AvgIpc) is 1.68. The molecule has 100 heavy (non-hydrogen) atoms. The summed E-state index contributed by atoms with van der Waals surface area (Å²) in [5.74, 6) is -0.903. The molecule has 13 aromatic rings. The van der Waals surface area contributed by atoms with E-state index in [4.69, 9.17) is 10.1 Å². The van der Waals surface area contributed by atoms with Crippen LogP contribution in [-0.4, -0.2) is 104 Å². The molecule has 0 spiro atoms. The molecule has 0 saturated heterocycles. The number of pyridine rings is 3. The van der Waals surface area contributed by atoms with E-state index in [1.165, 1.54) is 101 Å². The Hall–Kier alpha value is -7.31. The fourth-order valence-corrected chi connectivity index (χ4v) is 9.19. The molecule has 5 aromatic carbocycles. The molecule has 0 aliphatic carbocycles. The first kappa shape index (κ1) is 81.7. The Kier molecular flexibility index (Phi) is 32.0. The number of carbonyl (C=O) groups excluding carboxylic acids is 1. The van der Waals surface area contributed by atoms with Gasteiger partial charge in [0.2, 0.25) is 0 Å². The number of aryl methyl sites for hydroxylation is 3. The van der Waals surface area contributed by atoms with Crippen LogP contribution in [0.5, 0.6) is 17.2 Å². The van der Waals surface area contributed by atoms with Gasteiger partial charge >= 0.3 is 139 Å². The van der Waals surface area contributed by atoms with Crippen LogP contribution in [0.15, 0.2) is 228 Å². The number of nitrogens with one attached hydrogen (secondary N) is 2. The molecule has 8 heterocycles. The van der Waals surface area contributed by atoms with Gasteiger partial charge in [0.25, 0.3) is 6.47 Å². The topological polar surface area (TPSA) is 252 Å². The Morgan fingerprint density at radius 1 is 0.480 bits per heavy atom. The van der Waals surface area contributed by atoms with Crippen LogP contribution in [-0.2, 0) is 29.3 Å². The van der Waals surface area contributed by atoms with E-state index in [2.05, 4.69) is 102 Å². The van der Waals surface area contributed by atoms with Gasteiger partial charge in [0, 0.05) is 52.9 Å². The van der Waals surface area contributed by atoms with Gasteiger partial charge in [-0.15, -0.1) is 49.7 Å². The number of alkyl halides is 12. The van der Waals surface area contributed by atoms with Gasteiger partial charge in [-0.1, -0.05) is 145 Å². The normalized spacial score (nSPS) is 10.9. The predicted octanol–water partition coefficient (Wildman–Crippen LogP) is 7.08. The molecule has 0 unspecified atom stereocenters. The third kappa shape index (κ3) is 24.8. The van der Waals surface area contributed by atoms with Crippen molar-refractivity contribution in [3.05, 3.63) is 245 Å². The van der Waals surface area contributed by atoms with Crippen molar-refractivity contribution < 1.29 is 173 Å². The number of nitrogens with zero attached hydrogens (tertiary/aromatic N) is 11. The van der Waals surface area contributed by atoms with Gasteiger partial charge < -0.3 is 35.3 Å². The van der Waals surface area contributed by atoms with Crippen molar-refractivity contribution in [2.24, 2.45) is 0 Å². The van der Waals surface area contributed by atoms with Crippen molar-refractivity contribution in [1.82, 2.24) is 62.5 Å². The third-order valence-corrected chi connectivity index (χ3v) is 15.3. The second-order valence-corrected chi connectivity index (χ2v) is 22.0. The van der Waals surface area contributed by atoms with Crippen LogP contribution in [0.25, 0.3) is 72.8 Å². The van der Waals surface area contributed by atoms with E-state index in [1.807, 2.05) is 77.6 Å². The molecule has 8 aromatic heterocycles. The molecule has 13 rings (SSSR count). The second-order valence-electron chi connectivity index (χ2n) is 19.6. The molecule has 0 fully saturated rings. The summed E-state index contributed by atoms with van der Waals surface area (Å²) in [6.07, 6.45) is -2.28. The summed E-state index contributed by atoms with van der Waals surface area (Å²) < 4.78 is 130. The Morgan fingerprint density at radius 2 is 0.880 bits per heavy atom. The van der Waals surface area contributed by atoms with Crippen LogP contribution >= 0.6 is 47.8 Å². The van der Waals surface area contributed by atoms with Crippen molar-refractivity contribution in [1.29, 1.82) is 0 Å². The SMILES string of the molecule is BrCCBr.O=CO[O-].O=c1[nH]nc2ccc(-c3ccc(OC(F)(F)F)cc3)cn12.O=c1n(CCBr)nc2ccc(-c3ccc(OC(F)(F)F)cc3)cn12.O=c1n(CCn2cnc(-c3ccccc3)c2)nc2ccc(-c3ccc(OC(F)(F)F)cc3)cn12.[H-].[K+].[K+].c1ccc(-c2cnc[nH]2)cc1. The van der Waals surface area contributed by atoms with Gasteiger partial charge in [0.15, 0.2) is 16.9 Å². The molecule has 0 saturated carbocycles. The smallest absolute Gasteiger partial charge is 1.00 e. The van der Waals surface area contributed by atoms with Crippen LogP contribution in [0.1, 0.15) is 1.43 Å². The van der Waals surface area contributed by atoms with E-state index in [0.29, 0.717) is 75.3 Å². The molecule has 36 heteroatoms. The van der Waals surface area contributed by atoms with Crippen molar-refractivity contribution in [3.8, 4) is 73.1 Å². The summed E-state index contributed by atoms with van der Waals surface area (Å²) in [7, 11) is 0. The third-order valence-electron chi connectivity index (χ3n) is 13.1. The first-order valence-corrected chi connectivity index (χ1v) is 31.7. The molecule has 22 nitrogen and oxygen atoms in total. The van der Waals surface area contributed by atoms with E-state index in [-0.39, 0.29) is 145 Å². The molecular weight excluding hydrogens is 1580 g/mol. The Bertz CT molecular complexity index is 4840. The van der Waals surface area contributed by atoms with Crippen LogP contribution in [0, 0.1) is 0 Å². The van der Waals surface area contributed by atoms with Crippen LogP contribution in [0.2, 0.25) is 0 Å². The Balaban J connectivity index is 0.000000243. The summed E-state index contributed by atoms with van der Waals surface area (Å²) in [6, 6.07) is 46.4. The minimum Gasteiger partial charge on any atom is -1.00 e. The summed E-state index contributed by atoms with van der Waals surface area (Å²) in [5.41, 5.74) is 8.52. The second kappa shape index (κ2) is 39.2. The molecular formula is C64H51Br3F9K2N13O9. The summed E-state index contributed by atoms with van der Waals surface area (Å²) in [6.45, 7) is 1.13. The summed E-state index contributed by atoms with van der Waals surface area (Å²) in [5, 5.41) is 25.8. The molecule has 0 aliphatic heterocycles. The number of rotatable bonds is 15. The Labute approximate surface area is 671 Å². The zero-order valence-corrected chi connectivity index (χ0v) is 63.2. The minimum absolute atomic E-state index is 0. The average molecular weight is 1640 g/mol. The number of hydrogen-bond donors (Lipinski definition) is 2. The van der Waals surface area contributed by atoms with E-state index in [0.717, 1.165) is 27.6 Å². The number of H-pyrrole nitrogens is 2. The number of hydrogen-bond acceptors (Lipinski definition) is 14. The summed E-state index contributed by atoms with van der Waals surface area (Å²) >= 11 is 9.66. The fourth-order valence-electron chi connectivity index (χ4n) is 8.86. The Morgan fingerprint density at radius 3 is 1.27 bits per heavy atom. The predicted molar refractivity (Wildman–Crippen MR) is 352 cm³/mol. The first-order chi connectivity index (χ1) is 46.9. The van der Waals surface area contributed by atoms with Gasteiger partial charge in [-0.2, -0.15) is 5.10 Å². The molecule has 2 N–H and O–H groups in total. The summed E-state index contributed by atoms with van der Waals surface area (Å²) in [4.78, 5) is 59.2. The molecule has 0 amide bonds. The minimum atomic E-state index is -4.75. The zero-order chi connectivity index (χ0) is 70.4. The quantitative estimate of drug-likeness (QED) is 0.0260. The van der Waals surface area contributed by atoms with E-state index < -0.39 is 19.1 Å². The number of imidazole rings is 2. The van der Waals surface area contributed by atoms with E-state index in [9.17, 15) is 53.9 Å². The van der Waals surface area contributed by atoms with Gasteiger partial charge in [-0.05, 0) is 112 Å². The monoisotopic (exact) mass is 1630 g/mol. The molecule has 0 bridgehead atoms. The first-order valence-electron chi connectivity index (χ1n) is 28.3. The van der Waals surface area contributed by atoms with Gasteiger partial charge in [-0.25, -0.2) is 52.0 Å². The molecule has 0 radical (unpaired) electrons. The van der Waals surface area contributed by atoms with Crippen molar-refractivity contribution in [2.75, 3.05) is 16.0 Å². The van der Waals surface area contributed by atoms with Crippen molar-refractivity contribution in [2.45, 2.75) is 38.7 Å². The van der Waals surface area contributed by atoms with Gasteiger partial charge in [0.1, 0.15) is 17.2 Å². The largest absolute Gasteiger partial charge is 1.00 e. The molecule has 0 atom stereocenters. The number of carbonyl (C=O) groups is 1. The zero-order valence-electron chi connectivity index (χ0n) is 53.2. The number of fused-ring (bicyclic) bond motifs is 3. The number of aromatic nitrogens is 13. The number of aromatic amines is 2. The van der Waals surface area contributed by atoms with Crippen molar-refractivity contribution in [3.63, 3.8) is 0 Å². The van der Waals surface area contributed by atoms with E-state index in [1.54, 1.807) is 67.6 Å². The van der Waals surface area contributed by atoms with Crippen LogP contribution in [0.4, 0.5) is 39.5 Å². The van der Waals surface area contributed by atoms with Gasteiger partial charge in [0.05, 0.1) is 43.3 Å². The van der Waals surface area contributed by atoms with Crippen LogP contribution < -0.4 is 139 Å². The number of halogens is 12. The standard InChI is InChI=1S/C24H18F3N5O2.C15H11BrF3N3O2.C13H8F3N3O2.C9H8N2.C2H4Br2.CH2O3.2K.H/c25-24(26,27)34-20-9-6-17(7-10-20)19-8-11-22-29-32(23(33)31(22)14-19)13-12-30-15-21(28-16-30)18-4-2-1-3-5-18;16-7-8-22-14(23)21-9-11(3-6-13(21)20-22)10-1-4-12(5-2-10)24-15(17,18)19;14-13(15,16)21-10-4-1-8(2-5-10)9-3-6-11-17-18-12(20)19(11)7-9;1-2-4-8(5-3-1)9-6-10-7-11-9;3-1-2-4;2-1-4-3;;;/h1-11,14-16H,12-13H2;1-6,9H,7-8H2;1-7H,(H,18,20);1-7H,(H,10,11);1-2H2;1,3H;;;/q;;;;;;2*+1;-1/p-1. The van der Waals surface area contributed by atoms with Crippen molar-refractivity contribution >= 4 is 71.2 Å². The number of ether oxygens (including phenoxy) is 3. The maximum Gasteiger partial charge on any atom is 1.00 e. The maximum absolute atomic E-state index is 12.9. The van der Waals surface area contributed by atoms with E-state index >= 15 is 0 Å².